The van der Waals surface area contributed by atoms with Crippen molar-refractivity contribution in [2.24, 2.45) is 0 Å². The number of hydrogen-bond acceptors (Lipinski definition) is 3. The first-order valence-electron chi connectivity index (χ1n) is 6.57. The van der Waals surface area contributed by atoms with Gasteiger partial charge in [0.2, 0.25) is 0 Å². The van der Waals surface area contributed by atoms with E-state index in [-0.39, 0.29) is 0 Å². The third-order valence-electron chi connectivity index (χ3n) is 3.65. The van der Waals surface area contributed by atoms with E-state index in [9.17, 15) is 0 Å². The smallest absolute Gasteiger partial charge is 0.134 e. The van der Waals surface area contributed by atoms with Crippen LogP contribution < -0.4 is 5.32 Å². The van der Waals surface area contributed by atoms with Crippen LogP contribution >= 0.6 is 11.8 Å². The standard InChI is InChI=1S/C15H19NOS/c1-10-5-6-12-11(8-10)9-13(17-12)15(16-2)14-4-3-7-18-14/h5-6,8-9,14-16H,3-4,7H2,1-2H3. The molecule has 1 aliphatic heterocycles. The molecule has 96 valence electrons. The van der Waals surface area contributed by atoms with Crippen molar-refractivity contribution < 1.29 is 4.42 Å². The Labute approximate surface area is 112 Å². The second-order valence-electron chi connectivity index (χ2n) is 5.01. The molecule has 2 aromatic rings. The number of nitrogens with one attached hydrogen (secondary N) is 1. The van der Waals surface area contributed by atoms with Gasteiger partial charge < -0.3 is 9.73 Å². The van der Waals surface area contributed by atoms with Gasteiger partial charge in [0.25, 0.3) is 0 Å². The van der Waals surface area contributed by atoms with Crippen LogP contribution in [0.1, 0.15) is 30.2 Å². The van der Waals surface area contributed by atoms with Crippen molar-refractivity contribution in [2.75, 3.05) is 12.8 Å². The second-order valence-corrected chi connectivity index (χ2v) is 6.35. The average molecular weight is 261 g/mol. The predicted molar refractivity (Wildman–Crippen MR) is 78.2 cm³/mol. The molecular formula is C15H19NOS. The van der Waals surface area contributed by atoms with Crippen LogP contribution in [0.15, 0.2) is 28.7 Å². The topological polar surface area (TPSA) is 25.2 Å². The molecule has 0 amide bonds. The summed E-state index contributed by atoms with van der Waals surface area (Å²) in [5.74, 6) is 2.36. The molecule has 2 heterocycles. The molecule has 0 spiro atoms. The Balaban J connectivity index is 1.96. The maximum absolute atomic E-state index is 6.01. The summed E-state index contributed by atoms with van der Waals surface area (Å²) in [6.45, 7) is 2.12. The van der Waals surface area contributed by atoms with E-state index in [2.05, 4.69) is 48.3 Å². The first kappa shape index (κ1) is 12.1. The van der Waals surface area contributed by atoms with E-state index in [1.54, 1.807) is 0 Å². The van der Waals surface area contributed by atoms with Gasteiger partial charge in [0.15, 0.2) is 0 Å². The summed E-state index contributed by atoms with van der Waals surface area (Å²) in [7, 11) is 2.03. The Morgan fingerprint density at radius 2 is 2.28 bits per heavy atom. The summed E-state index contributed by atoms with van der Waals surface area (Å²) in [4.78, 5) is 0. The molecule has 1 aromatic carbocycles. The van der Waals surface area contributed by atoms with Gasteiger partial charge in [-0.05, 0) is 50.8 Å². The number of thioether (sulfide) groups is 1. The number of furan rings is 1. The zero-order chi connectivity index (χ0) is 12.5. The molecule has 18 heavy (non-hydrogen) atoms. The van der Waals surface area contributed by atoms with Gasteiger partial charge in [0, 0.05) is 10.6 Å². The second kappa shape index (κ2) is 4.98. The Bertz CT molecular complexity index is 542. The van der Waals surface area contributed by atoms with Gasteiger partial charge in [-0.3, -0.25) is 0 Å². The molecule has 2 nitrogen and oxygen atoms in total. The molecule has 1 aromatic heterocycles. The molecule has 1 N–H and O–H groups in total. The highest BCUT2D eigenvalue weighted by Gasteiger charge is 2.28. The van der Waals surface area contributed by atoms with Gasteiger partial charge in [0.05, 0.1) is 6.04 Å². The lowest BCUT2D eigenvalue weighted by Crippen LogP contribution is -2.25. The summed E-state index contributed by atoms with van der Waals surface area (Å²) in [6, 6.07) is 8.90. The van der Waals surface area contributed by atoms with Crippen LogP contribution in [0.5, 0.6) is 0 Å². The summed E-state index contributed by atoms with van der Waals surface area (Å²) in [6.07, 6.45) is 2.61. The van der Waals surface area contributed by atoms with Crippen molar-refractivity contribution in [3.63, 3.8) is 0 Å². The fourth-order valence-electron chi connectivity index (χ4n) is 2.71. The zero-order valence-electron chi connectivity index (χ0n) is 10.9. The van der Waals surface area contributed by atoms with Crippen LogP contribution in [0.2, 0.25) is 0 Å². The van der Waals surface area contributed by atoms with Crippen molar-refractivity contribution in [3.8, 4) is 0 Å². The van der Waals surface area contributed by atoms with Crippen molar-refractivity contribution in [3.05, 3.63) is 35.6 Å². The highest BCUT2D eigenvalue weighted by Crippen LogP contribution is 2.37. The van der Waals surface area contributed by atoms with Crippen LogP contribution in [0.25, 0.3) is 11.0 Å². The average Bonchev–Trinajstić information content (AvgIpc) is 2.98. The van der Waals surface area contributed by atoms with E-state index < -0.39 is 0 Å². The van der Waals surface area contributed by atoms with E-state index in [1.165, 1.54) is 29.5 Å². The minimum Gasteiger partial charge on any atom is -0.459 e. The lowest BCUT2D eigenvalue weighted by Gasteiger charge is -2.19. The quantitative estimate of drug-likeness (QED) is 0.907. The monoisotopic (exact) mass is 261 g/mol. The maximum atomic E-state index is 6.01. The molecule has 0 aliphatic carbocycles. The van der Waals surface area contributed by atoms with Crippen molar-refractivity contribution >= 4 is 22.7 Å². The molecule has 3 heteroatoms. The van der Waals surface area contributed by atoms with E-state index in [1.807, 2.05) is 7.05 Å². The van der Waals surface area contributed by atoms with Gasteiger partial charge in [-0.1, -0.05) is 11.6 Å². The Kier molecular flexibility index (Phi) is 3.35. The number of fused-ring (bicyclic) bond motifs is 1. The summed E-state index contributed by atoms with van der Waals surface area (Å²) in [5, 5.41) is 5.29. The molecule has 2 atom stereocenters. The van der Waals surface area contributed by atoms with E-state index >= 15 is 0 Å². The maximum Gasteiger partial charge on any atom is 0.134 e. The Morgan fingerprint density at radius 3 is 3.00 bits per heavy atom. The van der Waals surface area contributed by atoms with E-state index in [0.29, 0.717) is 11.3 Å². The van der Waals surface area contributed by atoms with Crippen LogP contribution in [0.4, 0.5) is 0 Å². The summed E-state index contributed by atoms with van der Waals surface area (Å²) in [5.41, 5.74) is 2.28. The van der Waals surface area contributed by atoms with E-state index in [4.69, 9.17) is 4.42 Å². The molecule has 0 bridgehead atoms. The lowest BCUT2D eigenvalue weighted by molar-refractivity contribution is 0.437. The van der Waals surface area contributed by atoms with Gasteiger partial charge in [-0.15, -0.1) is 0 Å². The van der Waals surface area contributed by atoms with Gasteiger partial charge in [-0.2, -0.15) is 11.8 Å². The number of benzene rings is 1. The van der Waals surface area contributed by atoms with Gasteiger partial charge in [-0.25, -0.2) is 0 Å². The van der Waals surface area contributed by atoms with Crippen LogP contribution in [0, 0.1) is 6.92 Å². The first-order valence-corrected chi connectivity index (χ1v) is 7.62. The summed E-state index contributed by atoms with van der Waals surface area (Å²) >= 11 is 2.06. The number of hydrogen-bond donors (Lipinski definition) is 1. The van der Waals surface area contributed by atoms with Crippen molar-refractivity contribution in [2.45, 2.75) is 31.1 Å². The molecule has 1 saturated heterocycles. The molecule has 0 saturated carbocycles. The minimum absolute atomic E-state index is 0.338. The lowest BCUT2D eigenvalue weighted by atomic mass is 10.1. The van der Waals surface area contributed by atoms with Crippen LogP contribution in [0.3, 0.4) is 0 Å². The number of rotatable bonds is 3. The molecule has 1 aliphatic rings. The van der Waals surface area contributed by atoms with E-state index in [0.717, 1.165) is 11.3 Å². The van der Waals surface area contributed by atoms with Crippen LogP contribution in [-0.2, 0) is 0 Å². The van der Waals surface area contributed by atoms with Gasteiger partial charge >= 0.3 is 0 Å². The normalized spacial score (nSPS) is 21.6. The van der Waals surface area contributed by atoms with Gasteiger partial charge in [0.1, 0.15) is 11.3 Å². The predicted octanol–water partition coefficient (Wildman–Crippen LogP) is 3.90. The molecule has 2 unspecified atom stereocenters. The van der Waals surface area contributed by atoms with Crippen molar-refractivity contribution in [1.82, 2.24) is 5.32 Å². The molecule has 1 fully saturated rings. The summed E-state index contributed by atoms with van der Waals surface area (Å²) < 4.78 is 6.01. The zero-order valence-corrected chi connectivity index (χ0v) is 11.7. The number of aryl methyl sites for hydroxylation is 1. The highest BCUT2D eigenvalue weighted by atomic mass is 32.2. The largest absolute Gasteiger partial charge is 0.459 e. The fourth-order valence-corrected chi connectivity index (χ4v) is 4.15. The Hall–Kier alpha value is -0.930. The van der Waals surface area contributed by atoms with Crippen molar-refractivity contribution in [1.29, 1.82) is 0 Å². The minimum atomic E-state index is 0.338. The Morgan fingerprint density at radius 1 is 1.39 bits per heavy atom. The SMILES string of the molecule is CNC(c1cc2cc(C)ccc2o1)C1CCCS1. The molecule has 3 rings (SSSR count). The third-order valence-corrected chi connectivity index (χ3v) is 5.11. The molecular weight excluding hydrogens is 242 g/mol. The highest BCUT2D eigenvalue weighted by molar-refractivity contribution is 8.00. The third kappa shape index (κ3) is 2.17. The first-order chi connectivity index (χ1) is 8.78. The van der Waals surface area contributed by atoms with Crippen LogP contribution in [-0.4, -0.2) is 18.1 Å². The fraction of sp³-hybridized carbons (Fsp3) is 0.467. The molecule has 0 radical (unpaired) electrons.